The zero-order chi connectivity index (χ0) is 7.56. The maximum Gasteiger partial charge on any atom is 0.00839 e. The predicted octanol–water partition coefficient (Wildman–Crippen LogP) is 2.35. The van der Waals surface area contributed by atoms with Crippen molar-refractivity contribution in [2.24, 2.45) is 5.73 Å². The molecule has 1 fully saturated rings. The normalized spacial score (nSPS) is 24.7. The van der Waals surface area contributed by atoms with E-state index >= 15 is 0 Å². The summed E-state index contributed by atoms with van der Waals surface area (Å²) in [6.07, 6.45) is 4.85. The third-order valence-corrected chi connectivity index (χ3v) is 2.06. The van der Waals surface area contributed by atoms with E-state index in [1.807, 2.05) is 6.92 Å². The van der Waals surface area contributed by atoms with Gasteiger partial charge in [-0.15, -0.1) is 0 Å². The van der Waals surface area contributed by atoms with Gasteiger partial charge in [0.15, 0.2) is 0 Å². The lowest BCUT2D eigenvalue weighted by Crippen LogP contribution is -2.04. The highest BCUT2D eigenvalue weighted by atomic mass is 14.6. The van der Waals surface area contributed by atoms with Crippen LogP contribution in [0.2, 0.25) is 0 Å². The first kappa shape index (κ1) is 7.39. The van der Waals surface area contributed by atoms with Gasteiger partial charge in [0.05, 0.1) is 0 Å². The summed E-state index contributed by atoms with van der Waals surface area (Å²) in [5.41, 5.74) is 9.21. The standard InChI is InChI=1S/C9H15N/c1-7-5-3-4-6-9(7)8(2)10/h1,3-6,10H2,2H3/b9-8+. The van der Waals surface area contributed by atoms with Crippen molar-refractivity contribution in [3.05, 3.63) is 23.4 Å². The number of hydrogen-bond donors (Lipinski definition) is 1. The topological polar surface area (TPSA) is 26.0 Å². The molecule has 0 unspecified atom stereocenters. The van der Waals surface area contributed by atoms with Crippen molar-refractivity contribution < 1.29 is 0 Å². The van der Waals surface area contributed by atoms with E-state index in [9.17, 15) is 0 Å². The molecule has 10 heavy (non-hydrogen) atoms. The highest BCUT2D eigenvalue weighted by molar-refractivity contribution is 5.32. The van der Waals surface area contributed by atoms with Crippen LogP contribution in [-0.2, 0) is 0 Å². The molecule has 0 saturated heterocycles. The molecular weight excluding hydrogens is 122 g/mol. The minimum atomic E-state index is 0.963. The van der Waals surface area contributed by atoms with Gasteiger partial charge in [-0.3, -0.25) is 0 Å². The molecule has 56 valence electrons. The van der Waals surface area contributed by atoms with Gasteiger partial charge in [0.25, 0.3) is 0 Å². The van der Waals surface area contributed by atoms with Gasteiger partial charge in [-0.05, 0) is 38.2 Å². The van der Waals surface area contributed by atoms with Gasteiger partial charge in [0.2, 0.25) is 0 Å². The van der Waals surface area contributed by atoms with Crippen molar-refractivity contribution in [3.8, 4) is 0 Å². The lowest BCUT2D eigenvalue weighted by molar-refractivity contribution is 0.674. The van der Waals surface area contributed by atoms with Crippen LogP contribution in [-0.4, -0.2) is 0 Å². The van der Waals surface area contributed by atoms with Gasteiger partial charge in [0.1, 0.15) is 0 Å². The van der Waals surface area contributed by atoms with E-state index in [0.717, 1.165) is 18.5 Å². The Labute approximate surface area is 62.6 Å². The van der Waals surface area contributed by atoms with E-state index < -0.39 is 0 Å². The molecule has 1 rings (SSSR count). The molecule has 1 saturated carbocycles. The maximum atomic E-state index is 5.68. The van der Waals surface area contributed by atoms with Crippen LogP contribution in [0.3, 0.4) is 0 Å². The summed E-state index contributed by atoms with van der Waals surface area (Å²) in [4.78, 5) is 0. The molecule has 0 spiro atoms. The van der Waals surface area contributed by atoms with Crippen LogP contribution in [0.5, 0.6) is 0 Å². The molecular formula is C9H15N. The second-order valence-electron chi connectivity index (χ2n) is 2.97. The fourth-order valence-corrected chi connectivity index (χ4v) is 1.44. The molecule has 0 aromatic rings. The Morgan fingerprint density at radius 1 is 1.40 bits per heavy atom. The fraction of sp³-hybridized carbons (Fsp3) is 0.556. The predicted molar refractivity (Wildman–Crippen MR) is 44.5 cm³/mol. The second-order valence-corrected chi connectivity index (χ2v) is 2.97. The quantitative estimate of drug-likeness (QED) is 0.545. The van der Waals surface area contributed by atoms with Crippen LogP contribution < -0.4 is 5.73 Å². The Morgan fingerprint density at radius 3 is 2.40 bits per heavy atom. The van der Waals surface area contributed by atoms with Crippen molar-refractivity contribution in [3.63, 3.8) is 0 Å². The van der Waals surface area contributed by atoms with Crippen LogP contribution in [0.1, 0.15) is 32.6 Å². The summed E-state index contributed by atoms with van der Waals surface area (Å²) < 4.78 is 0. The molecule has 0 amide bonds. The summed E-state index contributed by atoms with van der Waals surface area (Å²) in [5.74, 6) is 0. The van der Waals surface area contributed by atoms with E-state index in [1.165, 1.54) is 24.0 Å². The molecule has 1 aliphatic rings. The first-order valence-electron chi connectivity index (χ1n) is 3.85. The van der Waals surface area contributed by atoms with Crippen molar-refractivity contribution >= 4 is 0 Å². The Hall–Kier alpha value is -0.720. The average Bonchev–Trinajstić information content (AvgIpc) is 1.88. The Bertz CT molecular complexity index is 173. The molecule has 0 aliphatic heterocycles. The third-order valence-electron chi connectivity index (χ3n) is 2.06. The molecule has 1 nitrogen and oxygen atoms in total. The first-order chi connectivity index (χ1) is 4.72. The van der Waals surface area contributed by atoms with Crippen molar-refractivity contribution in [1.82, 2.24) is 0 Å². The lowest BCUT2D eigenvalue weighted by atomic mass is 9.90. The Balaban J connectivity index is 2.75. The molecule has 0 atom stereocenters. The summed E-state index contributed by atoms with van der Waals surface area (Å²) in [7, 11) is 0. The van der Waals surface area contributed by atoms with E-state index in [-0.39, 0.29) is 0 Å². The number of hydrogen-bond acceptors (Lipinski definition) is 1. The monoisotopic (exact) mass is 137 g/mol. The van der Waals surface area contributed by atoms with E-state index in [2.05, 4.69) is 6.58 Å². The average molecular weight is 137 g/mol. The first-order valence-corrected chi connectivity index (χ1v) is 3.85. The molecule has 1 aliphatic carbocycles. The van der Waals surface area contributed by atoms with Gasteiger partial charge < -0.3 is 5.73 Å². The zero-order valence-electron chi connectivity index (χ0n) is 6.61. The number of rotatable bonds is 0. The summed E-state index contributed by atoms with van der Waals surface area (Å²) in [6, 6.07) is 0. The zero-order valence-corrected chi connectivity index (χ0v) is 6.61. The summed E-state index contributed by atoms with van der Waals surface area (Å²) in [6.45, 7) is 5.94. The van der Waals surface area contributed by atoms with Crippen LogP contribution >= 0.6 is 0 Å². The highest BCUT2D eigenvalue weighted by Crippen LogP contribution is 2.28. The molecule has 0 heterocycles. The molecule has 1 heteroatoms. The largest absolute Gasteiger partial charge is 0.402 e. The Kier molecular flexibility index (Phi) is 2.15. The van der Waals surface area contributed by atoms with Gasteiger partial charge in [0, 0.05) is 5.70 Å². The SMILES string of the molecule is C=C1CCCC/C1=C(/C)N. The van der Waals surface area contributed by atoms with E-state index in [1.54, 1.807) is 0 Å². The van der Waals surface area contributed by atoms with Gasteiger partial charge >= 0.3 is 0 Å². The Morgan fingerprint density at radius 2 is 2.00 bits per heavy atom. The van der Waals surface area contributed by atoms with Gasteiger partial charge in [-0.25, -0.2) is 0 Å². The van der Waals surface area contributed by atoms with Crippen LogP contribution in [0.4, 0.5) is 0 Å². The maximum absolute atomic E-state index is 5.68. The fourth-order valence-electron chi connectivity index (χ4n) is 1.44. The van der Waals surface area contributed by atoms with Crippen LogP contribution in [0.15, 0.2) is 23.4 Å². The van der Waals surface area contributed by atoms with Crippen molar-refractivity contribution in [2.75, 3.05) is 0 Å². The third kappa shape index (κ3) is 1.41. The van der Waals surface area contributed by atoms with E-state index in [4.69, 9.17) is 5.73 Å². The minimum absolute atomic E-state index is 0.963. The molecule has 0 radical (unpaired) electrons. The molecule has 0 bridgehead atoms. The van der Waals surface area contributed by atoms with Crippen molar-refractivity contribution in [2.45, 2.75) is 32.6 Å². The molecule has 0 aromatic carbocycles. The number of allylic oxidation sites excluding steroid dienone is 3. The molecule has 0 aromatic heterocycles. The van der Waals surface area contributed by atoms with Gasteiger partial charge in [-0.2, -0.15) is 0 Å². The van der Waals surface area contributed by atoms with Crippen molar-refractivity contribution in [1.29, 1.82) is 0 Å². The smallest absolute Gasteiger partial charge is 0.00839 e. The minimum Gasteiger partial charge on any atom is -0.402 e. The van der Waals surface area contributed by atoms with Crippen LogP contribution in [0.25, 0.3) is 0 Å². The van der Waals surface area contributed by atoms with E-state index in [0.29, 0.717) is 0 Å². The lowest BCUT2D eigenvalue weighted by Gasteiger charge is -2.17. The summed E-state index contributed by atoms with van der Waals surface area (Å²) in [5, 5.41) is 0. The van der Waals surface area contributed by atoms with Crippen LogP contribution in [0, 0.1) is 0 Å². The second kappa shape index (κ2) is 2.91. The number of nitrogens with two attached hydrogens (primary N) is 1. The summed E-state index contributed by atoms with van der Waals surface area (Å²) >= 11 is 0. The van der Waals surface area contributed by atoms with Gasteiger partial charge in [-0.1, -0.05) is 12.2 Å². The molecule has 2 N–H and O–H groups in total. The highest BCUT2D eigenvalue weighted by Gasteiger charge is 2.10.